The van der Waals surface area contributed by atoms with Crippen molar-refractivity contribution in [3.63, 3.8) is 0 Å². The molecule has 37 heavy (non-hydrogen) atoms. The Hall–Kier alpha value is -2.34. The molecule has 2 aromatic carbocycles. The largest absolute Gasteiger partial charge is 0.573 e. The van der Waals surface area contributed by atoms with E-state index in [0.717, 1.165) is 25.5 Å². The van der Waals surface area contributed by atoms with Gasteiger partial charge in [-0.2, -0.15) is 0 Å². The van der Waals surface area contributed by atoms with Crippen molar-refractivity contribution >= 4 is 27.3 Å². The van der Waals surface area contributed by atoms with E-state index in [9.17, 15) is 26.4 Å². The number of halogens is 4. The van der Waals surface area contributed by atoms with Gasteiger partial charge in [-0.25, -0.2) is 8.42 Å². The number of rotatable bonds is 9. The zero-order valence-corrected chi connectivity index (χ0v) is 22.5. The van der Waals surface area contributed by atoms with Crippen LogP contribution in [-0.2, 0) is 22.9 Å². The van der Waals surface area contributed by atoms with E-state index < -0.39 is 27.9 Å². The first-order valence-electron chi connectivity index (χ1n) is 11.9. The van der Waals surface area contributed by atoms with Crippen molar-refractivity contribution in [3.8, 4) is 5.75 Å². The highest BCUT2D eigenvalue weighted by Gasteiger charge is 2.33. The van der Waals surface area contributed by atoms with Gasteiger partial charge >= 0.3 is 6.36 Å². The Bertz CT molecular complexity index is 1220. The number of hydrogen-bond donors (Lipinski definition) is 1. The van der Waals surface area contributed by atoms with Gasteiger partial charge in [0.25, 0.3) is 5.91 Å². The number of hydrogen-bond acceptors (Lipinski definition) is 6. The Morgan fingerprint density at radius 2 is 1.92 bits per heavy atom. The fourth-order valence-electron chi connectivity index (χ4n) is 4.31. The minimum atomic E-state index is -4.93. The number of nitrogens with zero attached hydrogens (tertiary/aromatic N) is 2. The molecule has 204 valence electrons. The standard InChI is InChI=1S/C25H31ClF3N3O4S/c1-4-37(34,35)23-10-9-20(26)12-19(23)14-30-24(33)17-7-8-18(22(13-17)36-25(27,28)29)15-32-11-5-6-21(16-32)31(2)3/h7-10,12-13,21H,4-6,11,14-16H2,1-3H3,(H,30,33). The fraction of sp³-hybridized carbons (Fsp3) is 0.480. The molecule has 1 N–H and O–H groups in total. The maximum atomic E-state index is 13.2. The van der Waals surface area contributed by atoms with Crippen LogP contribution in [0.2, 0.25) is 5.02 Å². The van der Waals surface area contributed by atoms with Crippen LogP contribution < -0.4 is 10.1 Å². The minimum absolute atomic E-state index is 0.0358. The highest BCUT2D eigenvalue weighted by Crippen LogP contribution is 2.30. The Labute approximate surface area is 220 Å². The van der Waals surface area contributed by atoms with Crippen LogP contribution in [0.25, 0.3) is 0 Å². The van der Waals surface area contributed by atoms with Gasteiger partial charge in [0.15, 0.2) is 9.84 Å². The Kier molecular flexibility index (Phi) is 9.49. The molecular weight excluding hydrogens is 531 g/mol. The summed E-state index contributed by atoms with van der Waals surface area (Å²) in [4.78, 5) is 17.0. The Morgan fingerprint density at radius 3 is 2.57 bits per heavy atom. The second kappa shape index (κ2) is 12.0. The van der Waals surface area contributed by atoms with Crippen molar-refractivity contribution in [1.82, 2.24) is 15.1 Å². The van der Waals surface area contributed by atoms with Gasteiger partial charge in [0, 0.05) is 41.8 Å². The Morgan fingerprint density at radius 1 is 1.19 bits per heavy atom. The summed E-state index contributed by atoms with van der Waals surface area (Å²) in [5.74, 6) is -1.25. The Balaban J connectivity index is 1.81. The van der Waals surface area contributed by atoms with Crippen molar-refractivity contribution in [2.45, 2.75) is 50.2 Å². The summed E-state index contributed by atoms with van der Waals surface area (Å²) in [5.41, 5.74) is 0.556. The second-order valence-corrected chi connectivity index (χ2v) is 11.9. The van der Waals surface area contributed by atoms with Gasteiger partial charge in [0.2, 0.25) is 0 Å². The predicted molar refractivity (Wildman–Crippen MR) is 135 cm³/mol. The van der Waals surface area contributed by atoms with Crippen LogP contribution in [0.15, 0.2) is 41.3 Å². The van der Waals surface area contributed by atoms with E-state index in [1.54, 1.807) is 0 Å². The number of amides is 1. The van der Waals surface area contributed by atoms with E-state index in [-0.39, 0.29) is 34.9 Å². The number of carbonyl (C=O) groups excluding carboxylic acids is 1. The van der Waals surface area contributed by atoms with Gasteiger partial charge in [-0.05, 0) is 69.4 Å². The lowest BCUT2D eigenvalue weighted by atomic mass is 10.0. The first-order valence-corrected chi connectivity index (χ1v) is 13.9. The highest BCUT2D eigenvalue weighted by atomic mass is 35.5. The van der Waals surface area contributed by atoms with E-state index in [4.69, 9.17) is 11.6 Å². The predicted octanol–water partition coefficient (Wildman–Crippen LogP) is 4.49. The van der Waals surface area contributed by atoms with Crippen LogP contribution in [0.3, 0.4) is 0 Å². The maximum absolute atomic E-state index is 13.2. The summed E-state index contributed by atoms with van der Waals surface area (Å²) < 4.78 is 68.6. The van der Waals surface area contributed by atoms with E-state index >= 15 is 0 Å². The molecule has 1 fully saturated rings. The van der Waals surface area contributed by atoms with E-state index in [0.29, 0.717) is 23.2 Å². The molecule has 12 heteroatoms. The summed E-state index contributed by atoms with van der Waals surface area (Å²) in [6.45, 7) is 3.04. The average Bonchev–Trinajstić information content (AvgIpc) is 2.82. The van der Waals surface area contributed by atoms with Gasteiger partial charge in [-0.15, -0.1) is 13.2 Å². The summed E-state index contributed by atoms with van der Waals surface area (Å²) in [6, 6.07) is 8.51. The first-order chi connectivity index (χ1) is 17.3. The van der Waals surface area contributed by atoms with E-state index in [1.807, 2.05) is 14.1 Å². The lowest BCUT2D eigenvalue weighted by Crippen LogP contribution is -2.44. The van der Waals surface area contributed by atoms with Gasteiger partial charge < -0.3 is 15.0 Å². The molecule has 0 spiro atoms. The normalized spacial score (nSPS) is 17.1. The smallest absolute Gasteiger partial charge is 0.405 e. The maximum Gasteiger partial charge on any atom is 0.573 e. The molecule has 0 bridgehead atoms. The second-order valence-electron chi connectivity index (χ2n) is 9.20. The monoisotopic (exact) mass is 561 g/mol. The number of sulfone groups is 1. The van der Waals surface area contributed by atoms with Crippen LogP contribution in [-0.4, -0.2) is 69.5 Å². The molecule has 1 unspecified atom stereocenters. The summed E-state index contributed by atoms with van der Waals surface area (Å²) in [6.07, 6.45) is -2.98. The number of carbonyl (C=O) groups is 1. The summed E-state index contributed by atoms with van der Waals surface area (Å²) in [5, 5.41) is 2.86. The van der Waals surface area contributed by atoms with E-state index in [1.165, 1.54) is 37.3 Å². The fourth-order valence-corrected chi connectivity index (χ4v) is 5.62. The lowest BCUT2D eigenvalue weighted by Gasteiger charge is -2.36. The zero-order valence-electron chi connectivity index (χ0n) is 20.9. The van der Waals surface area contributed by atoms with Crippen LogP contribution in [0.1, 0.15) is 41.3 Å². The highest BCUT2D eigenvalue weighted by molar-refractivity contribution is 7.91. The molecule has 3 rings (SSSR count). The quantitative estimate of drug-likeness (QED) is 0.486. The molecule has 1 heterocycles. The molecule has 7 nitrogen and oxygen atoms in total. The van der Waals surface area contributed by atoms with Crippen LogP contribution >= 0.6 is 11.6 Å². The van der Waals surface area contributed by atoms with Gasteiger partial charge in [0.1, 0.15) is 5.75 Å². The van der Waals surface area contributed by atoms with Crippen molar-refractivity contribution in [3.05, 3.63) is 58.1 Å². The SMILES string of the molecule is CCS(=O)(=O)c1ccc(Cl)cc1CNC(=O)c1ccc(CN2CCCC(N(C)C)C2)c(OC(F)(F)F)c1. The number of nitrogens with one attached hydrogen (secondary N) is 1. The molecule has 1 amide bonds. The summed E-state index contributed by atoms with van der Waals surface area (Å²) in [7, 11) is 0.375. The summed E-state index contributed by atoms with van der Waals surface area (Å²) >= 11 is 6.01. The van der Waals surface area contributed by atoms with Crippen LogP contribution in [0, 0.1) is 0 Å². The molecule has 1 aliphatic rings. The average molecular weight is 562 g/mol. The number of benzene rings is 2. The van der Waals surface area contributed by atoms with Gasteiger partial charge in [0.05, 0.1) is 10.6 Å². The molecule has 0 aromatic heterocycles. The van der Waals surface area contributed by atoms with E-state index in [2.05, 4.69) is 19.9 Å². The van der Waals surface area contributed by atoms with Crippen LogP contribution in [0.4, 0.5) is 13.2 Å². The van der Waals surface area contributed by atoms with Crippen molar-refractivity contribution in [2.24, 2.45) is 0 Å². The molecule has 1 aliphatic heterocycles. The molecule has 0 radical (unpaired) electrons. The third-order valence-corrected chi connectivity index (χ3v) is 8.40. The minimum Gasteiger partial charge on any atom is -0.405 e. The lowest BCUT2D eigenvalue weighted by molar-refractivity contribution is -0.275. The number of ether oxygens (including phenoxy) is 1. The number of piperidine rings is 1. The topological polar surface area (TPSA) is 79.0 Å². The van der Waals surface area contributed by atoms with Crippen LogP contribution in [0.5, 0.6) is 5.75 Å². The third kappa shape index (κ3) is 8.07. The molecular formula is C25H31ClF3N3O4S. The van der Waals surface area contributed by atoms with Crippen molar-refractivity contribution < 1.29 is 31.1 Å². The third-order valence-electron chi connectivity index (χ3n) is 6.34. The molecule has 1 saturated heterocycles. The molecule has 0 aliphatic carbocycles. The molecule has 0 saturated carbocycles. The molecule has 2 aromatic rings. The number of likely N-dealkylation sites (N-methyl/N-ethyl adjacent to an activating group) is 1. The first kappa shape index (κ1) is 29.2. The van der Waals surface area contributed by atoms with Crippen molar-refractivity contribution in [2.75, 3.05) is 32.9 Å². The molecule has 1 atom stereocenters. The van der Waals surface area contributed by atoms with Crippen molar-refractivity contribution in [1.29, 1.82) is 0 Å². The van der Waals surface area contributed by atoms with Gasteiger partial charge in [-0.1, -0.05) is 24.6 Å². The number of alkyl halides is 3. The number of likely N-dealkylation sites (tertiary alicyclic amines) is 1. The zero-order chi connectivity index (χ0) is 27.4. The van der Waals surface area contributed by atoms with Gasteiger partial charge in [-0.3, -0.25) is 9.69 Å².